The minimum atomic E-state index is -1.13. The number of nitrogens with zero attached hydrogens (tertiary/aromatic N) is 1. The molecule has 4 rings (SSSR count). The summed E-state index contributed by atoms with van der Waals surface area (Å²) in [5, 5.41) is 9.28. The summed E-state index contributed by atoms with van der Waals surface area (Å²) in [7, 11) is 0. The lowest BCUT2D eigenvalue weighted by molar-refractivity contribution is -0.148. The second-order valence-corrected chi connectivity index (χ2v) is 6.08. The van der Waals surface area contributed by atoms with E-state index in [1.54, 1.807) is 4.90 Å². The fourth-order valence-electron chi connectivity index (χ4n) is 3.29. The normalized spacial score (nSPS) is 24.1. The molecule has 3 aliphatic rings. The molecule has 1 aromatic rings. The van der Waals surface area contributed by atoms with Crippen molar-refractivity contribution in [1.82, 2.24) is 0 Å². The van der Waals surface area contributed by atoms with Gasteiger partial charge in [0.25, 0.3) is 0 Å². The molecule has 0 aromatic heterocycles. The molecule has 4 heteroatoms. The zero-order valence-electron chi connectivity index (χ0n) is 10.6. The molecule has 1 spiro atoms. The molecule has 0 saturated heterocycles. The second kappa shape index (κ2) is 3.18. The van der Waals surface area contributed by atoms with Crippen LogP contribution in [0, 0.1) is 5.41 Å². The van der Waals surface area contributed by atoms with Crippen LogP contribution in [0.25, 0.3) is 0 Å². The van der Waals surface area contributed by atoms with E-state index in [1.165, 1.54) is 5.56 Å². The SMILES string of the molecule is O=C(O)C1(C(=O)N2CC3(CC3)c3ccccc32)CC1. The lowest BCUT2D eigenvalue weighted by Gasteiger charge is -2.21. The highest BCUT2D eigenvalue weighted by molar-refractivity contribution is 6.13. The van der Waals surface area contributed by atoms with Crippen molar-refractivity contribution in [3.8, 4) is 0 Å². The van der Waals surface area contributed by atoms with Crippen LogP contribution >= 0.6 is 0 Å². The van der Waals surface area contributed by atoms with Gasteiger partial charge in [-0.15, -0.1) is 0 Å². The number of carboxylic acids is 1. The van der Waals surface area contributed by atoms with E-state index in [2.05, 4.69) is 6.07 Å². The van der Waals surface area contributed by atoms with Crippen molar-refractivity contribution in [2.45, 2.75) is 31.1 Å². The van der Waals surface area contributed by atoms with Crippen molar-refractivity contribution >= 4 is 17.6 Å². The van der Waals surface area contributed by atoms with Gasteiger partial charge in [-0.2, -0.15) is 0 Å². The summed E-state index contributed by atoms with van der Waals surface area (Å²) in [6.07, 6.45) is 3.17. The summed E-state index contributed by atoms with van der Waals surface area (Å²) >= 11 is 0. The number of carbonyl (C=O) groups is 2. The molecule has 0 bridgehead atoms. The van der Waals surface area contributed by atoms with Crippen LogP contribution in [0.1, 0.15) is 31.2 Å². The number of para-hydroxylation sites is 1. The Labute approximate surface area is 111 Å². The number of anilines is 1. The first kappa shape index (κ1) is 11.0. The maximum Gasteiger partial charge on any atom is 0.319 e. The van der Waals surface area contributed by atoms with Gasteiger partial charge in [0.15, 0.2) is 0 Å². The van der Waals surface area contributed by atoms with Gasteiger partial charge in [-0.05, 0) is 37.3 Å². The van der Waals surface area contributed by atoms with E-state index < -0.39 is 11.4 Å². The van der Waals surface area contributed by atoms with E-state index in [4.69, 9.17) is 0 Å². The zero-order valence-corrected chi connectivity index (χ0v) is 10.6. The summed E-state index contributed by atoms with van der Waals surface area (Å²) in [6, 6.07) is 7.94. The van der Waals surface area contributed by atoms with Crippen molar-refractivity contribution in [2.75, 3.05) is 11.4 Å². The van der Waals surface area contributed by atoms with Crippen molar-refractivity contribution in [2.24, 2.45) is 5.41 Å². The fourth-order valence-corrected chi connectivity index (χ4v) is 3.29. The molecule has 0 radical (unpaired) electrons. The highest BCUT2D eigenvalue weighted by Gasteiger charge is 2.62. The largest absolute Gasteiger partial charge is 0.480 e. The number of hydrogen-bond donors (Lipinski definition) is 1. The van der Waals surface area contributed by atoms with Crippen LogP contribution in [0.4, 0.5) is 5.69 Å². The molecule has 1 heterocycles. The number of rotatable bonds is 2. The van der Waals surface area contributed by atoms with Gasteiger partial charge >= 0.3 is 5.97 Å². The van der Waals surface area contributed by atoms with Gasteiger partial charge in [0, 0.05) is 17.6 Å². The summed E-state index contributed by atoms with van der Waals surface area (Å²) in [4.78, 5) is 25.6. The number of amides is 1. The summed E-state index contributed by atoms with van der Waals surface area (Å²) in [5.74, 6) is -1.18. The number of benzene rings is 1. The monoisotopic (exact) mass is 257 g/mol. The molecule has 2 saturated carbocycles. The Morgan fingerprint density at radius 2 is 1.79 bits per heavy atom. The van der Waals surface area contributed by atoms with E-state index >= 15 is 0 Å². The zero-order chi connectivity index (χ0) is 13.3. The smallest absolute Gasteiger partial charge is 0.319 e. The third kappa shape index (κ3) is 1.29. The minimum Gasteiger partial charge on any atom is -0.480 e. The minimum absolute atomic E-state index is 0.126. The Morgan fingerprint density at radius 1 is 1.11 bits per heavy atom. The van der Waals surface area contributed by atoms with Crippen molar-refractivity contribution in [1.29, 1.82) is 0 Å². The maximum atomic E-state index is 12.6. The maximum absolute atomic E-state index is 12.6. The lowest BCUT2D eigenvalue weighted by Crippen LogP contribution is -2.41. The van der Waals surface area contributed by atoms with Crippen LogP contribution in [0.2, 0.25) is 0 Å². The second-order valence-electron chi connectivity index (χ2n) is 6.08. The summed E-state index contributed by atoms with van der Waals surface area (Å²) in [5.41, 5.74) is 1.15. The molecule has 2 aliphatic carbocycles. The third-order valence-corrected chi connectivity index (χ3v) is 4.89. The molecule has 19 heavy (non-hydrogen) atoms. The van der Waals surface area contributed by atoms with Crippen LogP contribution in [-0.2, 0) is 15.0 Å². The lowest BCUT2D eigenvalue weighted by atomic mass is 9.99. The van der Waals surface area contributed by atoms with Gasteiger partial charge in [0.05, 0.1) is 0 Å². The Kier molecular flexibility index (Phi) is 1.85. The van der Waals surface area contributed by atoms with E-state index in [9.17, 15) is 14.7 Å². The Balaban J connectivity index is 1.75. The fraction of sp³-hybridized carbons (Fsp3) is 0.467. The first-order valence-electron chi connectivity index (χ1n) is 6.74. The number of fused-ring (bicyclic) bond motifs is 2. The van der Waals surface area contributed by atoms with E-state index in [1.807, 2.05) is 18.2 Å². The van der Waals surface area contributed by atoms with Gasteiger partial charge in [0.2, 0.25) is 5.91 Å². The van der Waals surface area contributed by atoms with E-state index in [0.29, 0.717) is 19.4 Å². The Hall–Kier alpha value is -1.84. The molecule has 1 N–H and O–H groups in total. The topological polar surface area (TPSA) is 57.6 Å². The Bertz CT molecular complexity index is 599. The van der Waals surface area contributed by atoms with Gasteiger partial charge in [0.1, 0.15) is 5.41 Å². The first-order valence-corrected chi connectivity index (χ1v) is 6.74. The molecular formula is C15H15NO3. The van der Waals surface area contributed by atoms with Crippen molar-refractivity contribution in [3.63, 3.8) is 0 Å². The first-order chi connectivity index (χ1) is 9.09. The molecule has 0 unspecified atom stereocenters. The van der Waals surface area contributed by atoms with Gasteiger partial charge in [-0.1, -0.05) is 18.2 Å². The van der Waals surface area contributed by atoms with Gasteiger partial charge < -0.3 is 10.0 Å². The van der Waals surface area contributed by atoms with Gasteiger partial charge in [-0.3, -0.25) is 9.59 Å². The van der Waals surface area contributed by atoms with Gasteiger partial charge in [-0.25, -0.2) is 0 Å². The molecule has 0 atom stereocenters. The predicted molar refractivity (Wildman–Crippen MR) is 69.0 cm³/mol. The highest BCUT2D eigenvalue weighted by Crippen LogP contribution is 2.58. The molecule has 1 amide bonds. The Morgan fingerprint density at radius 3 is 2.37 bits per heavy atom. The average Bonchev–Trinajstić information content (AvgIpc) is 3.28. The summed E-state index contributed by atoms with van der Waals surface area (Å²) in [6.45, 7) is 0.667. The van der Waals surface area contributed by atoms with Crippen LogP contribution in [0.3, 0.4) is 0 Å². The van der Waals surface area contributed by atoms with E-state index in [0.717, 1.165) is 18.5 Å². The number of hydrogen-bond acceptors (Lipinski definition) is 2. The molecule has 1 aromatic carbocycles. The summed E-state index contributed by atoms with van der Waals surface area (Å²) < 4.78 is 0. The quantitative estimate of drug-likeness (QED) is 0.824. The van der Waals surface area contributed by atoms with Crippen molar-refractivity contribution < 1.29 is 14.7 Å². The average molecular weight is 257 g/mol. The highest BCUT2D eigenvalue weighted by atomic mass is 16.4. The predicted octanol–water partition coefficient (Wildman–Crippen LogP) is 1.93. The molecular weight excluding hydrogens is 242 g/mol. The van der Waals surface area contributed by atoms with E-state index in [-0.39, 0.29) is 11.3 Å². The van der Waals surface area contributed by atoms with Crippen LogP contribution in [-0.4, -0.2) is 23.5 Å². The van der Waals surface area contributed by atoms with Crippen molar-refractivity contribution in [3.05, 3.63) is 29.8 Å². The third-order valence-electron chi connectivity index (χ3n) is 4.89. The molecule has 1 aliphatic heterocycles. The standard InChI is InChI=1S/C15H15NO3/c17-12(15(7-8-15)13(18)19)16-9-14(5-6-14)10-3-1-2-4-11(10)16/h1-4H,5-9H2,(H,18,19). The molecule has 4 nitrogen and oxygen atoms in total. The molecule has 98 valence electrons. The number of carbonyl (C=O) groups excluding carboxylic acids is 1. The van der Waals surface area contributed by atoms with Crippen LogP contribution in [0.5, 0.6) is 0 Å². The number of aliphatic carboxylic acids is 1. The van der Waals surface area contributed by atoms with Crippen LogP contribution < -0.4 is 4.90 Å². The number of carboxylic acid groups (broad SMARTS) is 1. The molecule has 2 fully saturated rings. The van der Waals surface area contributed by atoms with Crippen LogP contribution in [0.15, 0.2) is 24.3 Å².